The summed E-state index contributed by atoms with van der Waals surface area (Å²) in [6.45, 7) is -0.170. The number of benzene rings is 1. The van der Waals surface area contributed by atoms with E-state index in [2.05, 4.69) is 5.32 Å². The van der Waals surface area contributed by atoms with E-state index in [1.54, 1.807) is 0 Å². The first-order valence-electron chi connectivity index (χ1n) is 5.45. The average Bonchev–Trinajstić information content (AvgIpc) is 2.78. The second-order valence-corrected chi connectivity index (χ2v) is 4.78. The molecule has 0 radical (unpaired) electrons. The van der Waals surface area contributed by atoms with E-state index in [1.165, 1.54) is 24.3 Å². The Bertz CT molecular complexity index is 449. The van der Waals surface area contributed by atoms with Crippen molar-refractivity contribution in [1.29, 1.82) is 0 Å². The number of carbonyl (C=O) groups is 1. The molecule has 1 unspecified atom stereocenters. The van der Waals surface area contributed by atoms with Crippen molar-refractivity contribution in [2.24, 2.45) is 5.41 Å². The number of Topliss-reactive ketones (excluding diaryl/α,β-unsaturated/α-hetero) is 1. The number of carbonyl (C=O) groups excluding carboxylic acids is 1. The Balaban J connectivity index is 2.38. The van der Waals surface area contributed by atoms with Crippen molar-refractivity contribution in [3.8, 4) is 0 Å². The first-order valence-corrected chi connectivity index (χ1v) is 5.82. The van der Waals surface area contributed by atoms with Crippen LogP contribution in [0.5, 0.6) is 0 Å². The van der Waals surface area contributed by atoms with E-state index in [0.717, 1.165) is 0 Å². The van der Waals surface area contributed by atoms with Crippen LogP contribution >= 0.6 is 11.6 Å². The number of ketones is 1. The molecule has 1 aromatic carbocycles. The highest BCUT2D eigenvalue weighted by Gasteiger charge is 2.61. The summed E-state index contributed by atoms with van der Waals surface area (Å²) < 4.78 is 39.4. The van der Waals surface area contributed by atoms with E-state index in [1.807, 2.05) is 0 Å². The van der Waals surface area contributed by atoms with Crippen LogP contribution in [0.25, 0.3) is 0 Å². The Kier molecular flexibility index (Phi) is 3.38. The number of hydrogen-bond acceptors (Lipinski definition) is 2. The Morgan fingerprint density at radius 2 is 1.89 bits per heavy atom. The van der Waals surface area contributed by atoms with Crippen molar-refractivity contribution in [2.75, 3.05) is 13.1 Å². The van der Waals surface area contributed by atoms with Crippen LogP contribution in [-0.2, 0) is 0 Å². The van der Waals surface area contributed by atoms with E-state index in [-0.39, 0.29) is 25.1 Å². The Morgan fingerprint density at radius 3 is 2.33 bits per heavy atom. The van der Waals surface area contributed by atoms with Crippen molar-refractivity contribution in [3.05, 3.63) is 34.9 Å². The third-order valence-corrected chi connectivity index (χ3v) is 3.49. The molecule has 1 heterocycles. The lowest BCUT2D eigenvalue weighted by Crippen LogP contribution is -2.46. The molecule has 1 aromatic rings. The molecule has 0 saturated carbocycles. The summed E-state index contributed by atoms with van der Waals surface area (Å²) in [4.78, 5) is 12.1. The van der Waals surface area contributed by atoms with Gasteiger partial charge in [0, 0.05) is 17.1 Å². The van der Waals surface area contributed by atoms with Gasteiger partial charge < -0.3 is 5.32 Å². The molecule has 18 heavy (non-hydrogen) atoms. The summed E-state index contributed by atoms with van der Waals surface area (Å²) in [6, 6.07) is 5.50. The molecule has 2 rings (SSSR count). The molecular formula is C12H11ClF3NO. The summed E-state index contributed by atoms with van der Waals surface area (Å²) in [7, 11) is 0. The summed E-state index contributed by atoms with van der Waals surface area (Å²) in [5, 5.41) is 3.00. The number of rotatable bonds is 2. The molecule has 1 aliphatic heterocycles. The first-order chi connectivity index (χ1) is 8.37. The third-order valence-electron chi connectivity index (χ3n) is 3.24. The average molecular weight is 278 g/mol. The van der Waals surface area contributed by atoms with Crippen LogP contribution in [0.3, 0.4) is 0 Å². The Hall–Kier alpha value is -1.07. The summed E-state index contributed by atoms with van der Waals surface area (Å²) in [6.07, 6.45) is -4.77. The van der Waals surface area contributed by atoms with E-state index in [4.69, 9.17) is 11.6 Å². The Morgan fingerprint density at radius 1 is 1.28 bits per heavy atom. The molecular weight excluding hydrogens is 267 g/mol. The maximum Gasteiger partial charge on any atom is 0.402 e. The fraction of sp³-hybridized carbons (Fsp3) is 0.417. The second kappa shape index (κ2) is 4.55. The maximum absolute atomic E-state index is 13.1. The van der Waals surface area contributed by atoms with E-state index in [0.29, 0.717) is 5.02 Å². The van der Waals surface area contributed by atoms with Gasteiger partial charge in [-0.05, 0) is 37.2 Å². The summed E-state index contributed by atoms with van der Waals surface area (Å²) in [5.41, 5.74) is -2.26. The number of alkyl halides is 3. The summed E-state index contributed by atoms with van der Waals surface area (Å²) in [5.74, 6) is -0.892. The van der Waals surface area contributed by atoms with Crippen molar-refractivity contribution >= 4 is 17.4 Å². The minimum Gasteiger partial charge on any atom is -0.315 e. The number of nitrogens with one attached hydrogen (secondary N) is 1. The number of hydrogen-bond donors (Lipinski definition) is 1. The monoisotopic (exact) mass is 277 g/mol. The molecule has 1 atom stereocenters. The predicted octanol–water partition coefficient (Wildman–Crippen LogP) is 3.06. The quantitative estimate of drug-likeness (QED) is 0.842. The molecule has 0 amide bonds. The van der Waals surface area contributed by atoms with Gasteiger partial charge in [-0.15, -0.1) is 0 Å². The highest BCUT2D eigenvalue weighted by molar-refractivity contribution is 6.30. The van der Waals surface area contributed by atoms with Gasteiger partial charge in [-0.1, -0.05) is 11.6 Å². The minimum absolute atomic E-state index is 0.0421. The van der Waals surface area contributed by atoms with Crippen LogP contribution < -0.4 is 5.32 Å². The van der Waals surface area contributed by atoms with E-state index >= 15 is 0 Å². The van der Waals surface area contributed by atoms with Crippen molar-refractivity contribution in [3.63, 3.8) is 0 Å². The lowest BCUT2D eigenvalue weighted by Gasteiger charge is -2.29. The molecule has 0 spiro atoms. The second-order valence-electron chi connectivity index (χ2n) is 4.34. The fourth-order valence-electron chi connectivity index (χ4n) is 2.13. The van der Waals surface area contributed by atoms with Crippen molar-refractivity contribution in [1.82, 2.24) is 5.32 Å². The third kappa shape index (κ3) is 2.12. The zero-order valence-electron chi connectivity index (χ0n) is 9.35. The molecule has 0 aliphatic carbocycles. The van der Waals surface area contributed by atoms with Gasteiger partial charge in [0.25, 0.3) is 0 Å². The highest BCUT2D eigenvalue weighted by Crippen LogP contribution is 2.45. The van der Waals surface area contributed by atoms with Crippen molar-refractivity contribution < 1.29 is 18.0 Å². The molecule has 0 bridgehead atoms. The lowest BCUT2D eigenvalue weighted by molar-refractivity contribution is -0.197. The predicted molar refractivity (Wildman–Crippen MR) is 61.8 cm³/mol. The highest BCUT2D eigenvalue weighted by atomic mass is 35.5. The van der Waals surface area contributed by atoms with Crippen LogP contribution in [0.15, 0.2) is 24.3 Å². The number of halogens is 4. The van der Waals surface area contributed by atoms with Crippen molar-refractivity contribution in [2.45, 2.75) is 12.6 Å². The van der Waals surface area contributed by atoms with Gasteiger partial charge in [0.15, 0.2) is 5.78 Å². The van der Waals surface area contributed by atoms with Crippen LogP contribution in [-0.4, -0.2) is 25.0 Å². The summed E-state index contributed by atoms with van der Waals surface area (Å²) >= 11 is 5.65. The zero-order chi connectivity index (χ0) is 13.4. The van der Waals surface area contributed by atoms with E-state index in [9.17, 15) is 18.0 Å². The molecule has 1 aliphatic rings. The standard InChI is InChI=1S/C12H11ClF3NO/c13-9-3-1-8(2-4-9)10(18)11(12(14,15)16)5-6-17-7-11/h1-4,17H,5-7H2. The molecule has 98 valence electrons. The molecule has 0 aromatic heterocycles. The van der Waals surface area contributed by atoms with Gasteiger partial charge in [0.2, 0.25) is 0 Å². The zero-order valence-corrected chi connectivity index (χ0v) is 10.1. The largest absolute Gasteiger partial charge is 0.402 e. The van der Waals surface area contributed by atoms with Gasteiger partial charge >= 0.3 is 6.18 Å². The van der Waals surface area contributed by atoms with Gasteiger partial charge in [0.05, 0.1) is 0 Å². The smallest absolute Gasteiger partial charge is 0.315 e. The van der Waals surface area contributed by atoms with Gasteiger partial charge in [0.1, 0.15) is 5.41 Å². The fourth-order valence-corrected chi connectivity index (χ4v) is 2.26. The molecule has 2 nitrogen and oxygen atoms in total. The van der Waals surface area contributed by atoms with Crippen LogP contribution in [0, 0.1) is 5.41 Å². The molecule has 6 heteroatoms. The molecule has 1 N–H and O–H groups in total. The SMILES string of the molecule is O=C(c1ccc(Cl)cc1)C1(C(F)(F)F)CCNC1. The minimum atomic E-state index is -4.55. The Labute approximate surface area is 107 Å². The topological polar surface area (TPSA) is 29.1 Å². The maximum atomic E-state index is 13.1. The molecule has 1 fully saturated rings. The van der Waals surface area contributed by atoms with Gasteiger partial charge in [-0.2, -0.15) is 13.2 Å². The van der Waals surface area contributed by atoms with Crippen LogP contribution in [0.4, 0.5) is 13.2 Å². The molecule has 1 saturated heterocycles. The lowest BCUT2D eigenvalue weighted by atomic mass is 9.79. The van der Waals surface area contributed by atoms with E-state index < -0.39 is 17.4 Å². The first kappa shape index (κ1) is 13.4. The van der Waals surface area contributed by atoms with Crippen LogP contribution in [0.2, 0.25) is 5.02 Å². The van der Waals surface area contributed by atoms with Gasteiger partial charge in [-0.3, -0.25) is 4.79 Å². The normalized spacial score (nSPS) is 24.2. The van der Waals surface area contributed by atoms with Gasteiger partial charge in [-0.25, -0.2) is 0 Å². The van der Waals surface area contributed by atoms with Crippen LogP contribution in [0.1, 0.15) is 16.8 Å².